The van der Waals surface area contributed by atoms with Crippen molar-refractivity contribution in [2.75, 3.05) is 11.9 Å². The highest BCUT2D eigenvalue weighted by molar-refractivity contribution is 9.10. The minimum atomic E-state index is -0.177. The van der Waals surface area contributed by atoms with Crippen LogP contribution in [0.3, 0.4) is 0 Å². The molecule has 1 amide bonds. The van der Waals surface area contributed by atoms with E-state index in [1.165, 1.54) is 11.3 Å². The predicted molar refractivity (Wildman–Crippen MR) is 101 cm³/mol. The number of amides is 1. The number of rotatable bonds is 5. The number of halogens is 1. The quantitative estimate of drug-likeness (QED) is 0.635. The first kappa shape index (κ1) is 16.7. The molecule has 1 N–H and O–H groups in total. The van der Waals surface area contributed by atoms with Crippen molar-refractivity contribution in [3.05, 3.63) is 63.9 Å². The molecule has 0 radical (unpaired) electrons. The molecule has 0 aliphatic heterocycles. The fourth-order valence-corrected chi connectivity index (χ4v) is 3.27. The van der Waals surface area contributed by atoms with E-state index in [2.05, 4.69) is 26.2 Å². The van der Waals surface area contributed by atoms with E-state index < -0.39 is 0 Å². The highest BCUT2D eigenvalue weighted by atomic mass is 79.9. The lowest BCUT2D eigenvalue weighted by molar-refractivity contribution is 0.102. The minimum Gasteiger partial charge on any atom is -0.494 e. The van der Waals surface area contributed by atoms with Crippen molar-refractivity contribution in [3.8, 4) is 17.0 Å². The Hall–Kier alpha value is -2.18. The summed E-state index contributed by atoms with van der Waals surface area (Å²) in [5.74, 6) is 0.656. The number of benzene rings is 2. The van der Waals surface area contributed by atoms with Crippen LogP contribution in [0.15, 0.2) is 58.4 Å². The van der Waals surface area contributed by atoms with E-state index >= 15 is 0 Å². The lowest BCUT2D eigenvalue weighted by atomic mass is 10.2. The van der Waals surface area contributed by atoms with E-state index in [9.17, 15) is 4.79 Å². The number of ether oxygens (including phenoxy) is 1. The summed E-state index contributed by atoms with van der Waals surface area (Å²) >= 11 is 4.76. The predicted octanol–water partition coefficient (Wildman–Crippen LogP) is 5.22. The second-order valence-electron chi connectivity index (χ2n) is 4.96. The molecule has 1 heterocycles. The monoisotopic (exact) mass is 402 g/mol. The number of carbonyl (C=O) groups excluding carboxylic acids is 1. The van der Waals surface area contributed by atoms with Crippen LogP contribution in [0.5, 0.6) is 5.75 Å². The maximum atomic E-state index is 12.2. The van der Waals surface area contributed by atoms with Gasteiger partial charge in [0.1, 0.15) is 5.75 Å². The van der Waals surface area contributed by atoms with Gasteiger partial charge in [-0.25, -0.2) is 4.98 Å². The van der Waals surface area contributed by atoms with Crippen molar-refractivity contribution in [3.63, 3.8) is 0 Å². The maximum Gasteiger partial charge on any atom is 0.257 e. The fraction of sp³-hybridized carbons (Fsp3) is 0.111. The maximum absolute atomic E-state index is 12.2. The molecule has 0 unspecified atom stereocenters. The largest absolute Gasteiger partial charge is 0.494 e. The van der Waals surface area contributed by atoms with Crippen LogP contribution in [-0.4, -0.2) is 17.5 Å². The van der Waals surface area contributed by atoms with E-state index in [4.69, 9.17) is 4.74 Å². The molecule has 24 heavy (non-hydrogen) atoms. The Balaban J connectivity index is 1.72. The van der Waals surface area contributed by atoms with Crippen molar-refractivity contribution in [2.45, 2.75) is 6.92 Å². The third-order valence-corrected chi connectivity index (χ3v) is 4.52. The molecule has 2 aromatic carbocycles. The number of thiazole rings is 1. The van der Waals surface area contributed by atoms with Gasteiger partial charge in [0.25, 0.3) is 5.91 Å². The van der Waals surface area contributed by atoms with Crippen LogP contribution in [0.1, 0.15) is 17.3 Å². The van der Waals surface area contributed by atoms with Gasteiger partial charge in [-0.3, -0.25) is 10.1 Å². The summed E-state index contributed by atoms with van der Waals surface area (Å²) < 4.78 is 6.30. The van der Waals surface area contributed by atoms with E-state index in [1.54, 1.807) is 12.1 Å². The summed E-state index contributed by atoms with van der Waals surface area (Å²) in [4.78, 5) is 16.7. The van der Waals surface area contributed by atoms with Gasteiger partial charge in [0.05, 0.1) is 12.3 Å². The Morgan fingerprint density at radius 3 is 2.75 bits per heavy atom. The number of carbonyl (C=O) groups is 1. The van der Waals surface area contributed by atoms with Crippen LogP contribution < -0.4 is 10.1 Å². The Kier molecular flexibility index (Phi) is 5.27. The Morgan fingerprint density at radius 2 is 2.04 bits per heavy atom. The van der Waals surface area contributed by atoms with Crippen LogP contribution in [0.25, 0.3) is 11.3 Å². The Labute approximate surface area is 152 Å². The van der Waals surface area contributed by atoms with E-state index in [-0.39, 0.29) is 5.91 Å². The zero-order chi connectivity index (χ0) is 16.9. The number of nitrogens with zero attached hydrogens (tertiary/aromatic N) is 1. The number of hydrogen-bond acceptors (Lipinski definition) is 4. The van der Waals surface area contributed by atoms with Crippen molar-refractivity contribution >= 4 is 38.3 Å². The number of aromatic nitrogens is 1. The minimum absolute atomic E-state index is 0.177. The zero-order valence-electron chi connectivity index (χ0n) is 13.0. The second-order valence-corrected chi connectivity index (χ2v) is 6.73. The molecule has 6 heteroatoms. The van der Waals surface area contributed by atoms with Crippen molar-refractivity contribution in [1.29, 1.82) is 0 Å². The summed E-state index contributed by atoms with van der Waals surface area (Å²) in [5, 5.41) is 5.33. The number of hydrogen-bond donors (Lipinski definition) is 1. The van der Waals surface area contributed by atoms with Gasteiger partial charge in [0.2, 0.25) is 0 Å². The summed E-state index contributed by atoms with van der Waals surface area (Å²) in [6.45, 7) is 2.59. The average Bonchev–Trinajstić information content (AvgIpc) is 3.04. The smallest absolute Gasteiger partial charge is 0.257 e. The molecule has 122 valence electrons. The van der Waals surface area contributed by atoms with Gasteiger partial charge in [0, 0.05) is 21.0 Å². The van der Waals surface area contributed by atoms with Crippen molar-refractivity contribution < 1.29 is 9.53 Å². The van der Waals surface area contributed by atoms with Gasteiger partial charge in [-0.2, -0.15) is 0 Å². The first-order valence-corrected chi connectivity index (χ1v) is 9.08. The van der Waals surface area contributed by atoms with Crippen LogP contribution in [0.4, 0.5) is 5.13 Å². The molecule has 3 rings (SSSR count). The molecule has 3 aromatic rings. The summed E-state index contributed by atoms with van der Waals surface area (Å²) in [6.07, 6.45) is 0. The third-order valence-electron chi connectivity index (χ3n) is 3.27. The van der Waals surface area contributed by atoms with Crippen LogP contribution >= 0.6 is 27.3 Å². The van der Waals surface area contributed by atoms with Crippen molar-refractivity contribution in [1.82, 2.24) is 4.98 Å². The molecule has 0 saturated heterocycles. The highest BCUT2D eigenvalue weighted by Gasteiger charge is 2.10. The zero-order valence-corrected chi connectivity index (χ0v) is 15.4. The third kappa shape index (κ3) is 4.01. The van der Waals surface area contributed by atoms with Gasteiger partial charge >= 0.3 is 0 Å². The topological polar surface area (TPSA) is 51.2 Å². The molecule has 0 fully saturated rings. The lowest BCUT2D eigenvalue weighted by Gasteiger charge is -2.03. The van der Waals surface area contributed by atoms with Gasteiger partial charge in [-0.15, -0.1) is 11.3 Å². The van der Waals surface area contributed by atoms with Gasteiger partial charge in [0.15, 0.2) is 5.13 Å². The standard InChI is InChI=1S/C18H15BrN2O2S/c1-2-23-15-8-6-12(7-9-15)16-11-24-18(20-16)21-17(22)13-4-3-5-14(19)10-13/h3-11H,2H2,1H3,(H,20,21,22). The SMILES string of the molecule is CCOc1ccc(-c2csc(NC(=O)c3cccc(Br)c3)n2)cc1. The Bertz CT molecular complexity index is 846. The van der Waals surface area contributed by atoms with E-state index in [0.717, 1.165) is 21.5 Å². The average molecular weight is 403 g/mol. The normalized spacial score (nSPS) is 10.4. The van der Waals surface area contributed by atoms with Crippen LogP contribution in [-0.2, 0) is 0 Å². The molecular weight excluding hydrogens is 388 g/mol. The summed E-state index contributed by atoms with van der Waals surface area (Å²) in [6, 6.07) is 15.0. The lowest BCUT2D eigenvalue weighted by Crippen LogP contribution is -2.11. The number of nitrogens with one attached hydrogen (secondary N) is 1. The van der Waals surface area contributed by atoms with Gasteiger partial charge in [-0.1, -0.05) is 22.0 Å². The molecule has 0 aliphatic rings. The van der Waals surface area contributed by atoms with Gasteiger partial charge < -0.3 is 4.74 Å². The Morgan fingerprint density at radius 1 is 1.25 bits per heavy atom. The van der Waals surface area contributed by atoms with E-state index in [1.807, 2.05) is 48.7 Å². The molecule has 0 bridgehead atoms. The fourth-order valence-electron chi connectivity index (χ4n) is 2.15. The highest BCUT2D eigenvalue weighted by Crippen LogP contribution is 2.27. The van der Waals surface area contributed by atoms with Crippen LogP contribution in [0, 0.1) is 0 Å². The molecular formula is C18H15BrN2O2S. The molecule has 0 spiro atoms. The second kappa shape index (κ2) is 7.59. The summed E-state index contributed by atoms with van der Waals surface area (Å²) in [5.41, 5.74) is 2.40. The number of anilines is 1. The first-order valence-electron chi connectivity index (χ1n) is 7.41. The molecule has 4 nitrogen and oxygen atoms in total. The molecule has 0 aliphatic carbocycles. The van der Waals surface area contributed by atoms with Crippen LogP contribution in [0.2, 0.25) is 0 Å². The summed E-state index contributed by atoms with van der Waals surface area (Å²) in [7, 11) is 0. The van der Waals surface area contributed by atoms with E-state index in [0.29, 0.717) is 17.3 Å². The van der Waals surface area contributed by atoms with Crippen molar-refractivity contribution in [2.24, 2.45) is 0 Å². The van der Waals surface area contributed by atoms with Gasteiger partial charge in [-0.05, 0) is 49.4 Å². The molecule has 0 atom stereocenters. The molecule has 0 saturated carbocycles. The molecule has 1 aromatic heterocycles. The first-order chi connectivity index (χ1) is 11.7.